The van der Waals surface area contributed by atoms with E-state index < -0.39 is 0 Å². The molecule has 6 heteroatoms. The van der Waals surface area contributed by atoms with E-state index >= 15 is 0 Å². The van der Waals surface area contributed by atoms with Crippen molar-refractivity contribution >= 4 is 41.7 Å². The van der Waals surface area contributed by atoms with E-state index in [1.807, 2.05) is 31.2 Å². The normalized spacial score (nSPS) is 11.5. The molecule has 0 saturated carbocycles. The predicted octanol–water partition coefficient (Wildman–Crippen LogP) is 3.10. The lowest BCUT2D eigenvalue weighted by molar-refractivity contribution is -0.122. The lowest BCUT2D eigenvalue weighted by Gasteiger charge is -2.10. The molecule has 1 aromatic rings. The minimum absolute atomic E-state index is 0. The van der Waals surface area contributed by atoms with Crippen LogP contribution in [-0.4, -0.2) is 24.2 Å². The molecule has 0 fully saturated rings. The van der Waals surface area contributed by atoms with E-state index in [1.54, 1.807) is 11.8 Å². The lowest BCUT2D eigenvalue weighted by Crippen LogP contribution is -2.41. The molecule has 0 bridgehead atoms. The molecule has 0 aliphatic rings. The van der Waals surface area contributed by atoms with Crippen LogP contribution in [0.15, 0.2) is 29.2 Å². The van der Waals surface area contributed by atoms with Gasteiger partial charge in [-0.1, -0.05) is 24.9 Å². The number of hydrogen-bond donors (Lipinski definition) is 2. The van der Waals surface area contributed by atoms with Crippen molar-refractivity contribution in [3.63, 3.8) is 0 Å². The maximum atomic E-state index is 11.5. The van der Waals surface area contributed by atoms with E-state index in [4.69, 9.17) is 17.3 Å². The summed E-state index contributed by atoms with van der Waals surface area (Å²) < 4.78 is 0. The van der Waals surface area contributed by atoms with Crippen LogP contribution in [0.5, 0.6) is 0 Å². The fraction of sp³-hybridized carbons (Fsp3) is 0.462. The number of nitrogens with one attached hydrogen (secondary N) is 1. The lowest BCUT2D eigenvalue weighted by atomic mass is 10.2. The van der Waals surface area contributed by atoms with Crippen LogP contribution in [0.1, 0.15) is 19.8 Å². The first-order chi connectivity index (χ1) is 8.63. The Bertz CT molecular complexity index is 373. The van der Waals surface area contributed by atoms with Gasteiger partial charge in [0.2, 0.25) is 5.91 Å². The Morgan fingerprint density at radius 1 is 1.42 bits per heavy atom. The molecule has 0 spiro atoms. The Balaban J connectivity index is 0.00000324. The molecule has 3 nitrogen and oxygen atoms in total. The van der Waals surface area contributed by atoms with Crippen molar-refractivity contribution in [2.75, 3.05) is 12.3 Å². The van der Waals surface area contributed by atoms with E-state index in [1.165, 1.54) is 0 Å². The third-order valence-corrected chi connectivity index (χ3v) is 3.69. The van der Waals surface area contributed by atoms with Crippen molar-refractivity contribution in [2.45, 2.75) is 30.7 Å². The predicted molar refractivity (Wildman–Crippen MR) is 85.3 cm³/mol. The summed E-state index contributed by atoms with van der Waals surface area (Å²) in [5.41, 5.74) is 5.70. The van der Waals surface area contributed by atoms with Gasteiger partial charge in [-0.05, 0) is 30.7 Å². The molecular weight excluding hydrogens is 303 g/mol. The second kappa shape index (κ2) is 10.4. The van der Waals surface area contributed by atoms with Gasteiger partial charge in [0.05, 0.1) is 6.04 Å². The van der Waals surface area contributed by atoms with Gasteiger partial charge in [0.15, 0.2) is 0 Å². The average molecular weight is 323 g/mol. The van der Waals surface area contributed by atoms with Crippen LogP contribution in [-0.2, 0) is 4.79 Å². The number of carbonyl (C=O) groups excluding carboxylic acids is 1. The Morgan fingerprint density at radius 2 is 2.05 bits per heavy atom. The number of amides is 1. The van der Waals surface area contributed by atoms with Gasteiger partial charge >= 0.3 is 0 Å². The third kappa shape index (κ3) is 7.67. The average Bonchev–Trinajstić information content (AvgIpc) is 2.36. The summed E-state index contributed by atoms with van der Waals surface area (Å²) in [5, 5.41) is 3.57. The fourth-order valence-corrected chi connectivity index (χ4v) is 2.34. The molecule has 1 aromatic carbocycles. The topological polar surface area (TPSA) is 55.1 Å². The Hall–Kier alpha value is -0.420. The molecule has 0 aliphatic heterocycles. The van der Waals surface area contributed by atoms with Crippen LogP contribution < -0.4 is 11.1 Å². The first kappa shape index (κ1) is 18.6. The molecule has 0 saturated heterocycles. The van der Waals surface area contributed by atoms with Gasteiger partial charge in [0.1, 0.15) is 0 Å². The summed E-state index contributed by atoms with van der Waals surface area (Å²) in [6.45, 7) is 2.65. The molecule has 1 unspecified atom stereocenters. The molecule has 1 rings (SSSR count). The van der Waals surface area contributed by atoms with Gasteiger partial charge in [-0.3, -0.25) is 4.79 Å². The number of rotatable bonds is 7. The van der Waals surface area contributed by atoms with Gasteiger partial charge in [0.25, 0.3) is 0 Å². The third-order valence-electron chi connectivity index (χ3n) is 2.42. The van der Waals surface area contributed by atoms with E-state index in [0.29, 0.717) is 6.54 Å². The zero-order valence-electron chi connectivity index (χ0n) is 10.9. The van der Waals surface area contributed by atoms with Crippen LogP contribution in [0, 0.1) is 0 Å². The summed E-state index contributed by atoms with van der Waals surface area (Å²) in [4.78, 5) is 12.7. The molecule has 1 amide bonds. The minimum Gasteiger partial charge on any atom is -0.354 e. The second-order valence-electron chi connectivity index (χ2n) is 3.99. The van der Waals surface area contributed by atoms with Crippen LogP contribution in [0.2, 0.25) is 5.02 Å². The number of nitrogens with two attached hydrogens (primary N) is 1. The quantitative estimate of drug-likeness (QED) is 0.599. The maximum Gasteiger partial charge on any atom is 0.236 e. The highest BCUT2D eigenvalue weighted by molar-refractivity contribution is 7.99. The van der Waals surface area contributed by atoms with Gasteiger partial charge in [-0.2, -0.15) is 0 Å². The first-order valence-corrected chi connectivity index (χ1v) is 7.41. The van der Waals surface area contributed by atoms with Crippen molar-refractivity contribution in [3.05, 3.63) is 29.3 Å². The molecule has 0 heterocycles. The molecule has 0 aliphatic carbocycles. The van der Waals surface area contributed by atoms with Crippen molar-refractivity contribution in [2.24, 2.45) is 5.73 Å². The molecule has 0 radical (unpaired) electrons. The molecule has 108 valence electrons. The van der Waals surface area contributed by atoms with Crippen LogP contribution in [0.25, 0.3) is 0 Å². The largest absolute Gasteiger partial charge is 0.354 e. The number of halogens is 2. The van der Waals surface area contributed by atoms with E-state index in [2.05, 4.69) is 5.32 Å². The standard InChI is InChI=1S/C13H19ClN2OS.ClH/c1-2-3-12(15)13(17)16-8-9-18-11-6-4-10(14)5-7-11;/h4-7,12H,2-3,8-9,15H2,1H3,(H,16,17);1H. The number of thioether (sulfide) groups is 1. The Labute approximate surface area is 130 Å². The highest BCUT2D eigenvalue weighted by atomic mass is 35.5. The zero-order chi connectivity index (χ0) is 13.4. The van der Waals surface area contributed by atoms with Gasteiger partial charge < -0.3 is 11.1 Å². The Kier molecular flexibility index (Phi) is 10.1. The van der Waals surface area contributed by atoms with Crippen molar-refractivity contribution in [1.82, 2.24) is 5.32 Å². The van der Waals surface area contributed by atoms with Gasteiger partial charge in [-0.25, -0.2) is 0 Å². The van der Waals surface area contributed by atoms with Crippen molar-refractivity contribution in [1.29, 1.82) is 0 Å². The van der Waals surface area contributed by atoms with Crippen molar-refractivity contribution < 1.29 is 4.79 Å². The van der Waals surface area contributed by atoms with Crippen LogP contribution >= 0.6 is 35.8 Å². The van der Waals surface area contributed by atoms with E-state index in [9.17, 15) is 4.79 Å². The highest BCUT2D eigenvalue weighted by Gasteiger charge is 2.10. The molecular formula is C13H20Cl2N2OS. The SMILES string of the molecule is CCCC(N)C(=O)NCCSc1ccc(Cl)cc1.Cl. The number of hydrogen-bond acceptors (Lipinski definition) is 3. The number of benzene rings is 1. The summed E-state index contributed by atoms with van der Waals surface area (Å²) in [5.74, 6) is 0.764. The molecule has 3 N–H and O–H groups in total. The van der Waals surface area contributed by atoms with Gasteiger partial charge in [-0.15, -0.1) is 24.2 Å². The maximum absolute atomic E-state index is 11.5. The smallest absolute Gasteiger partial charge is 0.236 e. The fourth-order valence-electron chi connectivity index (χ4n) is 1.45. The highest BCUT2D eigenvalue weighted by Crippen LogP contribution is 2.19. The first-order valence-electron chi connectivity index (χ1n) is 6.05. The monoisotopic (exact) mass is 322 g/mol. The van der Waals surface area contributed by atoms with Crippen LogP contribution in [0.3, 0.4) is 0 Å². The van der Waals surface area contributed by atoms with Crippen LogP contribution in [0.4, 0.5) is 0 Å². The number of carbonyl (C=O) groups is 1. The Morgan fingerprint density at radius 3 is 2.63 bits per heavy atom. The summed E-state index contributed by atoms with van der Waals surface area (Å²) >= 11 is 7.48. The van der Waals surface area contributed by atoms with Gasteiger partial charge in [0, 0.05) is 22.2 Å². The second-order valence-corrected chi connectivity index (χ2v) is 5.59. The summed E-state index contributed by atoms with van der Waals surface area (Å²) in [6.07, 6.45) is 1.66. The zero-order valence-corrected chi connectivity index (χ0v) is 13.3. The summed E-state index contributed by atoms with van der Waals surface area (Å²) in [7, 11) is 0. The van der Waals surface area contributed by atoms with E-state index in [-0.39, 0.29) is 24.4 Å². The summed E-state index contributed by atoms with van der Waals surface area (Å²) in [6, 6.07) is 7.28. The molecule has 0 aromatic heterocycles. The minimum atomic E-state index is -0.379. The molecule has 19 heavy (non-hydrogen) atoms. The molecule has 1 atom stereocenters. The van der Waals surface area contributed by atoms with Crippen molar-refractivity contribution in [3.8, 4) is 0 Å². The van der Waals surface area contributed by atoms with E-state index in [0.717, 1.165) is 28.5 Å².